The van der Waals surface area contributed by atoms with Crippen molar-refractivity contribution in [1.82, 2.24) is 0 Å². The van der Waals surface area contributed by atoms with Gasteiger partial charge in [-0.25, -0.2) is 5.14 Å². The summed E-state index contributed by atoms with van der Waals surface area (Å²) in [6.45, 7) is 4.76. The van der Waals surface area contributed by atoms with Gasteiger partial charge in [0.1, 0.15) is 0 Å². The first-order chi connectivity index (χ1) is 11.9. The molecule has 0 aromatic rings. The summed E-state index contributed by atoms with van der Waals surface area (Å²) in [5.74, 6) is 2.57. The second kappa shape index (κ2) is 6.69. The van der Waals surface area contributed by atoms with Crippen LogP contribution in [0, 0.1) is 28.6 Å². The van der Waals surface area contributed by atoms with Crippen LogP contribution in [0.2, 0.25) is 0 Å². The van der Waals surface area contributed by atoms with Gasteiger partial charge in [0, 0.05) is 6.42 Å². The van der Waals surface area contributed by atoms with Gasteiger partial charge in [-0.2, -0.15) is 8.42 Å². The number of aliphatic hydroxyl groups excluding tert-OH is 1. The van der Waals surface area contributed by atoms with E-state index in [1.54, 1.807) is 0 Å². The monoisotopic (exact) mass is 385 g/mol. The number of fused-ring (bicyclic) bond motifs is 5. The fourth-order valence-electron chi connectivity index (χ4n) is 6.53. The van der Waals surface area contributed by atoms with Crippen molar-refractivity contribution in [2.45, 2.75) is 71.3 Å². The summed E-state index contributed by atoms with van der Waals surface area (Å²) in [4.78, 5) is 11.8. The number of allylic oxidation sites excluding steroid dienone is 1. The highest BCUT2D eigenvalue weighted by atomic mass is 32.2. The van der Waals surface area contributed by atoms with E-state index >= 15 is 0 Å². The third-order valence-corrected chi connectivity index (χ3v) is 7.91. The second-order valence-corrected chi connectivity index (χ2v) is 10.2. The Balaban J connectivity index is 0.000000349. The van der Waals surface area contributed by atoms with Crippen molar-refractivity contribution in [1.29, 1.82) is 0 Å². The molecule has 0 amide bonds. The number of ketones is 1. The van der Waals surface area contributed by atoms with Gasteiger partial charge in [-0.1, -0.05) is 19.4 Å². The largest absolute Gasteiger partial charge is 0.393 e. The molecule has 26 heavy (non-hydrogen) atoms. The highest BCUT2D eigenvalue weighted by Crippen LogP contribution is 2.65. The summed E-state index contributed by atoms with van der Waals surface area (Å²) in [7, 11) is -4.17. The molecule has 7 heteroatoms. The third-order valence-electron chi connectivity index (χ3n) is 7.91. The van der Waals surface area contributed by atoms with Crippen molar-refractivity contribution in [2.75, 3.05) is 0 Å². The van der Waals surface area contributed by atoms with Crippen molar-refractivity contribution in [3.05, 3.63) is 11.6 Å². The molecule has 6 atom stereocenters. The average Bonchev–Trinajstić information content (AvgIpc) is 2.82. The molecule has 4 rings (SSSR count). The van der Waals surface area contributed by atoms with Gasteiger partial charge in [0.05, 0.1) is 6.10 Å². The smallest absolute Gasteiger partial charge is 0.330 e. The van der Waals surface area contributed by atoms with Crippen LogP contribution in [0.3, 0.4) is 0 Å². The molecular formula is C19H31NO5S. The molecule has 148 valence electrons. The van der Waals surface area contributed by atoms with Crippen LogP contribution in [-0.4, -0.2) is 30.0 Å². The minimum absolute atomic E-state index is 0.0823. The molecule has 0 aromatic carbocycles. The maximum absolute atomic E-state index is 11.8. The summed E-state index contributed by atoms with van der Waals surface area (Å²) in [6, 6.07) is 0. The number of carbonyl (C=O) groups excluding carboxylic acids is 1. The van der Waals surface area contributed by atoms with Gasteiger partial charge in [-0.15, -0.1) is 0 Å². The van der Waals surface area contributed by atoms with E-state index in [1.165, 1.54) is 31.3 Å². The zero-order valence-electron chi connectivity index (χ0n) is 15.6. The Labute approximate surface area is 156 Å². The van der Waals surface area contributed by atoms with Gasteiger partial charge < -0.3 is 5.11 Å². The lowest BCUT2D eigenvalue weighted by atomic mass is 9.47. The van der Waals surface area contributed by atoms with Gasteiger partial charge in [0.15, 0.2) is 5.78 Å². The van der Waals surface area contributed by atoms with Crippen LogP contribution in [0.4, 0.5) is 0 Å². The molecule has 0 unspecified atom stereocenters. The predicted molar refractivity (Wildman–Crippen MR) is 98.5 cm³/mol. The molecule has 4 aliphatic rings. The quantitative estimate of drug-likeness (QED) is 0.554. The van der Waals surface area contributed by atoms with E-state index in [0.29, 0.717) is 11.7 Å². The van der Waals surface area contributed by atoms with Gasteiger partial charge >= 0.3 is 10.3 Å². The predicted octanol–water partition coefficient (Wildman–Crippen LogP) is 2.63. The van der Waals surface area contributed by atoms with Gasteiger partial charge in [-0.3, -0.25) is 9.35 Å². The van der Waals surface area contributed by atoms with Gasteiger partial charge in [0.25, 0.3) is 0 Å². The first kappa shape index (κ1) is 20.0. The summed E-state index contributed by atoms with van der Waals surface area (Å²) < 4.78 is 25.2. The highest BCUT2D eigenvalue weighted by molar-refractivity contribution is 7.83. The number of carbonyl (C=O) groups is 1. The molecule has 0 aliphatic heterocycles. The first-order valence-corrected chi connectivity index (χ1v) is 11.1. The molecule has 3 saturated carbocycles. The molecular weight excluding hydrogens is 354 g/mol. The number of nitrogens with two attached hydrogens (primary N) is 1. The Kier molecular flexibility index (Phi) is 5.14. The molecule has 4 aliphatic carbocycles. The van der Waals surface area contributed by atoms with Crippen LogP contribution in [0.25, 0.3) is 0 Å². The van der Waals surface area contributed by atoms with E-state index in [0.717, 1.165) is 37.5 Å². The maximum atomic E-state index is 11.8. The maximum Gasteiger partial charge on any atom is 0.330 e. The molecule has 6 nitrogen and oxygen atoms in total. The van der Waals surface area contributed by atoms with E-state index in [9.17, 15) is 9.90 Å². The summed E-state index contributed by atoms with van der Waals surface area (Å²) in [5, 5.41) is 14.3. The summed E-state index contributed by atoms with van der Waals surface area (Å²) >= 11 is 0. The van der Waals surface area contributed by atoms with Crippen LogP contribution < -0.4 is 5.14 Å². The Morgan fingerprint density at radius 3 is 2.38 bits per heavy atom. The van der Waals surface area contributed by atoms with Gasteiger partial charge in [0.2, 0.25) is 0 Å². The molecule has 0 heterocycles. The number of hydrogen-bond donors (Lipinski definition) is 3. The van der Waals surface area contributed by atoms with Crippen LogP contribution in [-0.2, 0) is 15.1 Å². The molecule has 0 radical (unpaired) electrons. The van der Waals surface area contributed by atoms with Crippen molar-refractivity contribution >= 4 is 16.1 Å². The number of hydrogen-bond acceptors (Lipinski definition) is 4. The van der Waals surface area contributed by atoms with Crippen molar-refractivity contribution in [3.63, 3.8) is 0 Å². The summed E-state index contributed by atoms with van der Waals surface area (Å²) in [6.07, 6.45) is 10.7. The van der Waals surface area contributed by atoms with E-state index in [1.807, 2.05) is 6.08 Å². The molecule has 0 saturated heterocycles. The zero-order valence-corrected chi connectivity index (χ0v) is 16.5. The Bertz CT molecular complexity index is 709. The second-order valence-electron chi connectivity index (χ2n) is 9.12. The fraction of sp³-hybridized carbons (Fsp3) is 0.842. The average molecular weight is 386 g/mol. The lowest BCUT2D eigenvalue weighted by molar-refractivity contribution is -0.118. The topological polar surface area (TPSA) is 118 Å². The van der Waals surface area contributed by atoms with Crippen molar-refractivity contribution < 1.29 is 22.9 Å². The van der Waals surface area contributed by atoms with Crippen molar-refractivity contribution in [3.8, 4) is 0 Å². The summed E-state index contributed by atoms with van der Waals surface area (Å²) in [5.41, 5.74) is 1.89. The lowest BCUT2D eigenvalue weighted by Gasteiger charge is -2.57. The van der Waals surface area contributed by atoms with E-state index < -0.39 is 10.3 Å². The minimum atomic E-state index is -4.17. The standard InChI is InChI=1S/C19H28O2.H3NO3S/c1-18-9-7-13(20)11-12(18)3-4-14-15-5-6-17(21)19(15,2)10-8-16(14)18;1-5(2,3)4/h11,14-17,21H,3-10H2,1-2H3;(H3,1,2,3,4)/t14-,15-,16-,17-,18-,19-;/m0./s1. The minimum Gasteiger partial charge on any atom is -0.393 e. The SMILES string of the molecule is C[C@]12CC[C@H]3[C@@H](CCC4=CC(=O)CC[C@@]43C)[C@@H]1CC[C@@H]2O.NS(=O)(=O)O. The van der Waals surface area contributed by atoms with E-state index in [-0.39, 0.29) is 16.9 Å². The Hall–Kier alpha value is -0.760. The highest BCUT2D eigenvalue weighted by Gasteiger charge is 2.58. The van der Waals surface area contributed by atoms with Crippen LogP contribution >= 0.6 is 0 Å². The zero-order chi connectivity index (χ0) is 19.3. The molecule has 0 aromatic heterocycles. The van der Waals surface area contributed by atoms with Crippen LogP contribution in [0.1, 0.15) is 65.2 Å². The molecule has 0 spiro atoms. The first-order valence-electron chi connectivity index (χ1n) is 9.62. The molecule has 0 bridgehead atoms. The van der Waals surface area contributed by atoms with Crippen molar-refractivity contribution in [2.24, 2.45) is 33.7 Å². The van der Waals surface area contributed by atoms with E-state index in [4.69, 9.17) is 13.0 Å². The molecule has 4 N–H and O–H groups in total. The van der Waals surface area contributed by atoms with Gasteiger partial charge in [-0.05, 0) is 79.6 Å². The Morgan fingerprint density at radius 2 is 1.73 bits per heavy atom. The third kappa shape index (κ3) is 3.51. The lowest BCUT2D eigenvalue weighted by Crippen LogP contribution is -2.51. The number of rotatable bonds is 0. The Morgan fingerprint density at radius 1 is 1.08 bits per heavy atom. The number of aliphatic hydroxyl groups is 1. The van der Waals surface area contributed by atoms with Crippen LogP contribution in [0.15, 0.2) is 11.6 Å². The molecule has 3 fully saturated rings. The van der Waals surface area contributed by atoms with E-state index in [2.05, 4.69) is 19.0 Å². The van der Waals surface area contributed by atoms with Crippen LogP contribution in [0.5, 0.6) is 0 Å². The normalized spacial score (nSPS) is 44.8. The fourth-order valence-corrected chi connectivity index (χ4v) is 6.53.